The monoisotopic (exact) mass is 201 g/mol. The first kappa shape index (κ1) is 8.89. The fourth-order valence-corrected chi connectivity index (χ4v) is 2.66. The maximum absolute atomic E-state index is 4.57. The van der Waals surface area contributed by atoms with Crippen LogP contribution in [0.1, 0.15) is 25.0 Å². The summed E-state index contributed by atoms with van der Waals surface area (Å²) >= 11 is 0. The second-order valence-corrected chi connectivity index (χ2v) is 4.39. The van der Waals surface area contributed by atoms with E-state index in [2.05, 4.69) is 27.0 Å². The summed E-state index contributed by atoms with van der Waals surface area (Å²) < 4.78 is 0. The van der Waals surface area contributed by atoms with Gasteiger partial charge < -0.3 is 4.90 Å². The number of hydrogen-bond donors (Lipinski definition) is 0. The minimum Gasteiger partial charge on any atom is -0.346 e. The highest BCUT2D eigenvalue weighted by atomic mass is 15.3. The van der Waals surface area contributed by atoms with Gasteiger partial charge in [-0.15, -0.1) is 0 Å². The molecule has 0 aromatic carbocycles. The zero-order valence-electron chi connectivity index (χ0n) is 8.93. The molecule has 2 bridgehead atoms. The van der Waals surface area contributed by atoms with E-state index in [0.717, 1.165) is 17.9 Å². The molecule has 1 aromatic rings. The molecule has 0 radical (unpaired) electrons. The van der Waals surface area contributed by atoms with Crippen LogP contribution in [0.4, 0.5) is 5.82 Å². The van der Waals surface area contributed by atoms with Crippen molar-refractivity contribution in [3.05, 3.63) is 30.2 Å². The van der Waals surface area contributed by atoms with E-state index in [0.29, 0.717) is 12.1 Å². The minimum atomic E-state index is 0.555. The number of rotatable bonds is 1. The highest BCUT2D eigenvalue weighted by Crippen LogP contribution is 2.34. The Bertz CT molecular complexity index is 400. The van der Waals surface area contributed by atoms with Gasteiger partial charge in [0.25, 0.3) is 0 Å². The number of anilines is 1. The van der Waals surface area contributed by atoms with Gasteiger partial charge in [-0.1, -0.05) is 12.2 Å². The Hall–Kier alpha value is -1.38. The number of hydrogen-bond acceptors (Lipinski definition) is 3. The van der Waals surface area contributed by atoms with E-state index in [1.165, 1.54) is 12.8 Å². The number of aryl methyl sites for hydroxylation is 1. The molecule has 3 rings (SSSR count). The molecule has 1 saturated heterocycles. The molecule has 0 N–H and O–H groups in total. The summed E-state index contributed by atoms with van der Waals surface area (Å²) in [6, 6.07) is 1.20. The van der Waals surface area contributed by atoms with Crippen LogP contribution in [-0.4, -0.2) is 22.1 Å². The molecule has 2 atom stereocenters. The molecule has 1 fully saturated rings. The molecule has 3 heteroatoms. The van der Waals surface area contributed by atoms with Crippen LogP contribution in [0.15, 0.2) is 24.5 Å². The predicted octanol–water partition coefficient (Wildman–Crippen LogP) is 2.08. The Kier molecular flexibility index (Phi) is 1.97. The molecule has 3 nitrogen and oxygen atoms in total. The molecule has 2 aliphatic heterocycles. The molecule has 2 unspecified atom stereocenters. The lowest BCUT2D eigenvalue weighted by molar-refractivity contribution is 0.638. The third kappa shape index (κ3) is 1.42. The zero-order valence-corrected chi connectivity index (χ0v) is 8.93. The molecule has 0 saturated carbocycles. The molecule has 0 amide bonds. The Morgan fingerprint density at radius 1 is 1.33 bits per heavy atom. The van der Waals surface area contributed by atoms with Gasteiger partial charge in [-0.2, -0.15) is 0 Å². The summed E-state index contributed by atoms with van der Waals surface area (Å²) in [6.45, 7) is 2.00. The van der Waals surface area contributed by atoms with Crippen LogP contribution < -0.4 is 4.90 Å². The second kappa shape index (κ2) is 3.33. The maximum atomic E-state index is 4.57. The van der Waals surface area contributed by atoms with Crippen LogP contribution in [0.2, 0.25) is 0 Å². The van der Waals surface area contributed by atoms with Crippen molar-refractivity contribution in [3.63, 3.8) is 0 Å². The van der Waals surface area contributed by atoms with Crippen molar-refractivity contribution >= 4 is 5.82 Å². The average Bonchev–Trinajstić information content (AvgIpc) is 2.49. The maximum Gasteiger partial charge on any atom is 0.148 e. The van der Waals surface area contributed by atoms with Crippen molar-refractivity contribution in [2.24, 2.45) is 0 Å². The van der Waals surface area contributed by atoms with E-state index in [9.17, 15) is 0 Å². The average molecular weight is 201 g/mol. The first-order chi connectivity index (χ1) is 7.34. The first-order valence-corrected chi connectivity index (χ1v) is 5.58. The lowest BCUT2D eigenvalue weighted by atomic mass is 10.1. The Morgan fingerprint density at radius 3 is 3.07 bits per heavy atom. The van der Waals surface area contributed by atoms with E-state index in [1.54, 1.807) is 0 Å². The van der Waals surface area contributed by atoms with E-state index in [-0.39, 0.29) is 0 Å². The smallest absolute Gasteiger partial charge is 0.148 e. The van der Waals surface area contributed by atoms with Crippen molar-refractivity contribution in [2.75, 3.05) is 4.90 Å². The van der Waals surface area contributed by atoms with Crippen molar-refractivity contribution in [1.29, 1.82) is 0 Å². The Balaban J connectivity index is 1.98. The fraction of sp³-hybridized carbons (Fsp3) is 0.500. The third-order valence-electron chi connectivity index (χ3n) is 3.32. The molecular formula is C12H15N3. The van der Waals surface area contributed by atoms with Crippen LogP contribution >= 0.6 is 0 Å². The van der Waals surface area contributed by atoms with Gasteiger partial charge in [0.1, 0.15) is 5.82 Å². The third-order valence-corrected chi connectivity index (χ3v) is 3.32. The number of aromatic nitrogens is 2. The van der Waals surface area contributed by atoms with Crippen LogP contribution in [0.5, 0.6) is 0 Å². The number of nitrogens with zero attached hydrogens (tertiary/aromatic N) is 3. The van der Waals surface area contributed by atoms with Gasteiger partial charge in [0.15, 0.2) is 0 Å². The molecule has 1 aromatic heterocycles. The molecule has 15 heavy (non-hydrogen) atoms. The summed E-state index contributed by atoms with van der Waals surface area (Å²) in [5.74, 6) is 1.05. The topological polar surface area (TPSA) is 29.0 Å². The summed E-state index contributed by atoms with van der Waals surface area (Å²) in [4.78, 5) is 11.2. The van der Waals surface area contributed by atoms with E-state index >= 15 is 0 Å². The predicted molar refractivity (Wildman–Crippen MR) is 59.8 cm³/mol. The van der Waals surface area contributed by atoms with Crippen molar-refractivity contribution in [3.8, 4) is 0 Å². The SMILES string of the molecule is Cc1cncc(N2C3C=CCC2CC3)n1. The highest BCUT2D eigenvalue weighted by Gasteiger charge is 2.34. The first-order valence-electron chi connectivity index (χ1n) is 5.58. The number of fused-ring (bicyclic) bond motifs is 2. The van der Waals surface area contributed by atoms with Gasteiger partial charge in [-0.05, 0) is 26.2 Å². The quantitative estimate of drug-likeness (QED) is 0.651. The van der Waals surface area contributed by atoms with E-state index in [1.807, 2.05) is 19.3 Å². The van der Waals surface area contributed by atoms with Gasteiger partial charge in [-0.3, -0.25) is 4.98 Å². The van der Waals surface area contributed by atoms with Crippen LogP contribution in [-0.2, 0) is 0 Å². The Morgan fingerprint density at radius 2 is 2.27 bits per heavy atom. The molecular weight excluding hydrogens is 186 g/mol. The van der Waals surface area contributed by atoms with Crippen molar-refractivity contribution in [1.82, 2.24) is 9.97 Å². The molecule has 0 spiro atoms. The standard InChI is InChI=1S/C12H15N3/c1-9-7-13-8-12(14-9)15-10-3-2-4-11(15)6-5-10/h2-3,7-8,10-11H,4-6H2,1H3. The van der Waals surface area contributed by atoms with Gasteiger partial charge >= 0.3 is 0 Å². The summed E-state index contributed by atoms with van der Waals surface area (Å²) in [5, 5.41) is 0. The molecule has 3 heterocycles. The van der Waals surface area contributed by atoms with Crippen LogP contribution in [0, 0.1) is 6.92 Å². The van der Waals surface area contributed by atoms with Gasteiger partial charge in [0, 0.05) is 18.3 Å². The fourth-order valence-electron chi connectivity index (χ4n) is 2.66. The van der Waals surface area contributed by atoms with E-state index < -0.39 is 0 Å². The highest BCUT2D eigenvalue weighted by molar-refractivity contribution is 5.44. The lowest BCUT2D eigenvalue weighted by Crippen LogP contribution is -2.37. The lowest BCUT2D eigenvalue weighted by Gasteiger charge is -2.32. The van der Waals surface area contributed by atoms with Gasteiger partial charge in [0.05, 0.1) is 11.9 Å². The van der Waals surface area contributed by atoms with Gasteiger partial charge in [0.2, 0.25) is 0 Å². The molecule has 78 valence electrons. The van der Waals surface area contributed by atoms with Gasteiger partial charge in [-0.25, -0.2) is 4.98 Å². The summed E-state index contributed by atoms with van der Waals surface area (Å²) in [5.41, 5.74) is 1.00. The molecule has 0 aliphatic carbocycles. The van der Waals surface area contributed by atoms with Crippen LogP contribution in [0.3, 0.4) is 0 Å². The summed E-state index contributed by atoms with van der Waals surface area (Å²) in [6.07, 6.45) is 12.0. The summed E-state index contributed by atoms with van der Waals surface area (Å²) in [7, 11) is 0. The van der Waals surface area contributed by atoms with Crippen molar-refractivity contribution < 1.29 is 0 Å². The largest absolute Gasteiger partial charge is 0.346 e. The molecule has 2 aliphatic rings. The van der Waals surface area contributed by atoms with E-state index in [4.69, 9.17) is 0 Å². The second-order valence-electron chi connectivity index (χ2n) is 4.39. The minimum absolute atomic E-state index is 0.555. The van der Waals surface area contributed by atoms with Crippen LogP contribution in [0.25, 0.3) is 0 Å². The normalized spacial score (nSPS) is 28.5. The zero-order chi connectivity index (χ0) is 10.3. The Labute approximate surface area is 89.8 Å². The van der Waals surface area contributed by atoms with Crippen molar-refractivity contribution in [2.45, 2.75) is 38.3 Å².